The Balaban J connectivity index is 1.46. The smallest absolute Gasteiger partial charge is 0.410 e. The second-order valence-electron chi connectivity index (χ2n) is 9.96. The number of esters is 1. The first-order valence-electron chi connectivity index (χ1n) is 12.1. The quantitative estimate of drug-likeness (QED) is 0.404. The van der Waals surface area contributed by atoms with Gasteiger partial charge < -0.3 is 19.1 Å². The highest BCUT2D eigenvalue weighted by Crippen LogP contribution is 2.29. The summed E-state index contributed by atoms with van der Waals surface area (Å²) in [6.45, 7) is 5.97. The molecule has 1 N–H and O–H groups in total. The van der Waals surface area contributed by atoms with Crippen LogP contribution in [0, 0.1) is 5.82 Å². The normalized spacial score (nSPS) is 13.8. The number of benzene rings is 3. The molecule has 1 aliphatic heterocycles. The van der Waals surface area contributed by atoms with Gasteiger partial charge in [-0.05, 0) is 74.4 Å². The fraction of sp³-hybridized carbons (Fsp3) is 0.286. The lowest BCUT2D eigenvalue weighted by molar-refractivity contribution is -0.0221. The Hall–Kier alpha value is -4.12. The molecule has 0 aromatic heterocycles. The number of hydrogen-bond donors (Lipinski definition) is 1. The molecule has 206 valence electrons. The molecule has 0 radical (unpaired) electrons. The Morgan fingerprint density at radius 3 is 2.10 bits per heavy atom. The number of nitrogens with one attached hydrogen (secondary N) is 1. The van der Waals surface area contributed by atoms with Crippen LogP contribution in [0.15, 0.2) is 71.6 Å². The standard InChI is InChI=1S/C28H29FN2O7S/c1-28(2,3)38-27(33)31-16-22(17-31)37-21-11-14-25(24(15-21)26(32)36-4)30-39(34,35)23-12-7-19(8-13-23)18-5-9-20(29)10-6-18/h5-15,22,30H,16-17H2,1-4H3. The average molecular weight is 557 g/mol. The molecule has 0 aliphatic carbocycles. The van der Waals surface area contributed by atoms with Gasteiger partial charge in [0.25, 0.3) is 10.0 Å². The Labute approximate surface area is 226 Å². The number of likely N-dealkylation sites (tertiary alicyclic amines) is 1. The molecule has 1 aliphatic rings. The van der Waals surface area contributed by atoms with Gasteiger partial charge >= 0.3 is 12.1 Å². The van der Waals surface area contributed by atoms with Crippen molar-refractivity contribution in [3.8, 4) is 16.9 Å². The van der Waals surface area contributed by atoms with E-state index in [1.165, 1.54) is 54.5 Å². The molecule has 1 amide bonds. The second kappa shape index (κ2) is 10.9. The zero-order valence-corrected chi connectivity index (χ0v) is 22.8. The summed E-state index contributed by atoms with van der Waals surface area (Å²) in [6, 6.07) is 16.2. The van der Waals surface area contributed by atoms with Crippen LogP contribution in [0.4, 0.5) is 14.9 Å². The van der Waals surface area contributed by atoms with Gasteiger partial charge in [0.15, 0.2) is 0 Å². The van der Waals surface area contributed by atoms with Gasteiger partial charge in [-0.2, -0.15) is 0 Å². The number of ether oxygens (including phenoxy) is 3. The van der Waals surface area contributed by atoms with E-state index in [2.05, 4.69) is 4.72 Å². The van der Waals surface area contributed by atoms with Crippen molar-refractivity contribution in [3.63, 3.8) is 0 Å². The van der Waals surface area contributed by atoms with Crippen LogP contribution in [-0.2, 0) is 19.5 Å². The molecule has 3 aromatic carbocycles. The van der Waals surface area contributed by atoms with E-state index in [1.54, 1.807) is 45.0 Å². The minimum absolute atomic E-state index is 0.0146. The molecule has 1 heterocycles. The summed E-state index contributed by atoms with van der Waals surface area (Å²) in [7, 11) is -2.87. The van der Waals surface area contributed by atoms with Crippen molar-refractivity contribution in [2.45, 2.75) is 37.4 Å². The van der Waals surface area contributed by atoms with Crippen LogP contribution < -0.4 is 9.46 Å². The Morgan fingerprint density at radius 1 is 0.949 bits per heavy atom. The van der Waals surface area contributed by atoms with E-state index in [9.17, 15) is 22.4 Å². The van der Waals surface area contributed by atoms with E-state index in [1.807, 2.05) is 0 Å². The van der Waals surface area contributed by atoms with Crippen LogP contribution in [0.3, 0.4) is 0 Å². The SMILES string of the molecule is COC(=O)c1cc(OC2CN(C(=O)OC(C)(C)C)C2)ccc1NS(=O)(=O)c1ccc(-c2ccc(F)cc2)cc1. The first-order chi connectivity index (χ1) is 18.3. The molecule has 0 bridgehead atoms. The molecule has 0 unspecified atom stereocenters. The highest BCUT2D eigenvalue weighted by atomic mass is 32.2. The van der Waals surface area contributed by atoms with Crippen LogP contribution in [0.25, 0.3) is 11.1 Å². The molecule has 0 atom stereocenters. The summed E-state index contributed by atoms with van der Waals surface area (Å²) in [5, 5.41) is 0. The summed E-state index contributed by atoms with van der Waals surface area (Å²) in [5.41, 5.74) is 0.821. The minimum Gasteiger partial charge on any atom is -0.487 e. The summed E-state index contributed by atoms with van der Waals surface area (Å²) in [4.78, 5) is 26.1. The number of carbonyl (C=O) groups is 2. The number of halogens is 1. The molecule has 39 heavy (non-hydrogen) atoms. The number of hydrogen-bond acceptors (Lipinski definition) is 7. The molecular weight excluding hydrogens is 527 g/mol. The average Bonchev–Trinajstić information content (AvgIpc) is 2.85. The van der Waals surface area contributed by atoms with Crippen LogP contribution in [0.2, 0.25) is 0 Å². The zero-order valence-electron chi connectivity index (χ0n) is 21.9. The topological polar surface area (TPSA) is 111 Å². The summed E-state index contributed by atoms with van der Waals surface area (Å²) < 4.78 is 57.8. The van der Waals surface area contributed by atoms with Crippen molar-refractivity contribution in [1.29, 1.82) is 0 Å². The predicted molar refractivity (Wildman–Crippen MR) is 143 cm³/mol. The van der Waals surface area contributed by atoms with Gasteiger partial charge in [-0.15, -0.1) is 0 Å². The molecule has 0 spiro atoms. The van der Waals surface area contributed by atoms with Crippen molar-refractivity contribution >= 4 is 27.8 Å². The molecular formula is C28H29FN2O7S. The molecule has 0 saturated carbocycles. The van der Waals surface area contributed by atoms with E-state index in [0.29, 0.717) is 24.4 Å². The van der Waals surface area contributed by atoms with Gasteiger partial charge in [0.1, 0.15) is 23.3 Å². The largest absolute Gasteiger partial charge is 0.487 e. The summed E-state index contributed by atoms with van der Waals surface area (Å²) in [6.07, 6.45) is -0.752. The molecule has 9 nitrogen and oxygen atoms in total. The maximum absolute atomic E-state index is 13.2. The molecule has 3 aromatic rings. The van der Waals surface area contributed by atoms with Gasteiger partial charge in [0, 0.05) is 0 Å². The highest BCUT2D eigenvalue weighted by molar-refractivity contribution is 7.92. The minimum atomic E-state index is -4.06. The molecule has 11 heteroatoms. The first kappa shape index (κ1) is 27.9. The maximum atomic E-state index is 13.2. The van der Waals surface area contributed by atoms with Crippen molar-refractivity contribution < 1.29 is 36.6 Å². The lowest BCUT2D eigenvalue weighted by Gasteiger charge is -2.39. The fourth-order valence-corrected chi connectivity index (χ4v) is 4.90. The van der Waals surface area contributed by atoms with Gasteiger partial charge in [-0.1, -0.05) is 24.3 Å². The Kier molecular flexibility index (Phi) is 7.82. The van der Waals surface area contributed by atoms with Gasteiger partial charge in [-0.25, -0.2) is 22.4 Å². The number of nitrogens with zero attached hydrogens (tertiary/aromatic N) is 1. The Bertz CT molecular complexity index is 1460. The second-order valence-corrected chi connectivity index (χ2v) is 11.6. The first-order valence-corrected chi connectivity index (χ1v) is 13.6. The lowest BCUT2D eigenvalue weighted by Crippen LogP contribution is -2.57. The van der Waals surface area contributed by atoms with Crippen LogP contribution in [0.5, 0.6) is 5.75 Å². The van der Waals surface area contributed by atoms with Gasteiger partial charge in [-0.3, -0.25) is 4.72 Å². The van der Waals surface area contributed by atoms with Crippen molar-refractivity contribution in [2.24, 2.45) is 0 Å². The summed E-state index contributed by atoms with van der Waals surface area (Å²) in [5.74, 6) is -0.805. The van der Waals surface area contributed by atoms with Crippen molar-refractivity contribution in [2.75, 3.05) is 24.9 Å². The Morgan fingerprint density at radius 2 is 1.54 bits per heavy atom. The van der Waals surface area contributed by atoms with E-state index >= 15 is 0 Å². The maximum Gasteiger partial charge on any atom is 0.410 e. The monoisotopic (exact) mass is 556 g/mol. The number of anilines is 1. The zero-order chi connectivity index (χ0) is 28.4. The van der Waals surface area contributed by atoms with Gasteiger partial charge in [0.05, 0.1) is 36.3 Å². The highest BCUT2D eigenvalue weighted by Gasteiger charge is 2.35. The van der Waals surface area contributed by atoms with E-state index in [4.69, 9.17) is 14.2 Å². The number of rotatable bonds is 7. The number of amides is 1. The molecule has 1 saturated heterocycles. The third kappa shape index (κ3) is 6.85. The number of methoxy groups -OCH3 is 1. The number of carbonyl (C=O) groups excluding carboxylic acids is 2. The van der Waals surface area contributed by atoms with Crippen LogP contribution in [0.1, 0.15) is 31.1 Å². The van der Waals surface area contributed by atoms with Crippen LogP contribution in [-0.4, -0.2) is 57.3 Å². The third-order valence-electron chi connectivity index (χ3n) is 5.79. The van der Waals surface area contributed by atoms with Crippen molar-refractivity contribution in [1.82, 2.24) is 4.90 Å². The predicted octanol–water partition coefficient (Wildman–Crippen LogP) is 5.08. The lowest BCUT2D eigenvalue weighted by atomic mass is 10.1. The fourth-order valence-electron chi connectivity index (χ4n) is 3.82. The van der Waals surface area contributed by atoms with E-state index < -0.39 is 27.7 Å². The van der Waals surface area contributed by atoms with E-state index in [-0.39, 0.29) is 28.1 Å². The molecule has 1 fully saturated rings. The third-order valence-corrected chi connectivity index (χ3v) is 7.17. The van der Waals surface area contributed by atoms with Crippen molar-refractivity contribution in [3.05, 3.63) is 78.1 Å². The number of sulfonamides is 1. The van der Waals surface area contributed by atoms with Crippen LogP contribution >= 0.6 is 0 Å². The van der Waals surface area contributed by atoms with Gasteiger partial charge in [0.2, 0.25) is 0 Å². The molecule has 4 rings (SSSR count). The summed E-state index contributed by atoms with van der Waals surface area (Å²) >= 11 is 0. The van der Waals surface area contributed by atoms with E-state index in [0.717, 1.165) is 5.56 Å².